The van der Waals surface area contributed by atoms with E-state index in [4.69, 9.17) is 9.72 Å². The molecule has 21 heavy (non-hydrogen) atoms. The van der Waals surface area contributed by atoms with Gasteiger partial charge in [0, 0.05) is 18.5 Å². The third-order valence-corrected chi connectivity index (χ3v) is 4.25. The van der Waals surface area contributed by atoms with Crippen LogP contribution in [-0.4, -0.2) is 30.8 Å². The van der Waals surface area contributed by atoms with E-state index >= 15 is 0 Å². The van der Waals surface area contributed by atoms with Crippen LogP contribution in [-0.2, 0) is 4.74 Å². The fraction of sp³-hybridized carbons (Fsp3) is 0.500. The molecule has 1 aromatic carbocycles. The average molecular weight is 284 g/mol. The highest BCUT2D eigenvalue weighted by atomic mass is 16.5. The Kier molecular flexibility index (Phi) is 3.85. The van der Waals surface area contributed by atoms with Gasteiger partial charge in [0.1, 0.15) is 5.82 Å². The minimum Gasteiger partial charge on any atom is -0.375 e. The number of nitrogens with zero attached hydrogens (tertiary/aromatic N) is 2. The lowest BCUT2D eigenvalue weighted by molar-refractivity contribution is 0.0529. The summed E-state index contributed by atoms with van der Waals surface area (Å²) >= 11 is 0. The Morgan fingerprint density at radius 1 is 1.33 bits per heavy atom. The molecule has 1 fully saturated rings. The van der Waals surface area contributed by atoms with E-state index in [0.29, 0.717) is 5.92 Å². The van der Waals surface area contributed by atoms with Crippen LogP contribution in [0.1, 0.15) is 37.8 Å². The number of aromatic nitrogens is 1. The molecule has 1 saturated heterocycles. The lowest BCUT2D eigenvalue weighted by Crippen LogP contribution is -2.41. The lowest BCUT2D eigenvalue weighted by Gasteiger charge is -2.32. The fourth-order valence-corrected chi connectivity index (χ4v) is 3.08. The number of pyridine rings is 1. The van der Waals surface area contributed by atoms with Crippen molar-refractivity contribution in [3.63, 3.8) is 0 Å². The summed E-state index contributed by atoms with van der Waals surface area (Å²) in [5, 5.41) is 1.27. The number of anilines is 1. The predicted molar refractivity (Wildman–Crippen MR) is 88.2 cm³/mol. The minimum atomic E-state index is 0.275. The Labute approximate surface area is 126 Å². The number of ether oxygens (including phenoxy) is 1. The first-order valence-corrected chi connectivity index (χ1v) is 7.83. The Bertz CT molecular complexity index is 651. The van der Waals surface area contributed by atoms with Crippen LogP contribution in [0, 0.1) is 6.92 Å². The molecular formula is C18H24N2O. The number of fused-ring (bicyclic) bond motifs is 1. The maximum atomic E-state index is 5.64. The molecule has 1 aliphatic rings. The summed E-state index contributed by atoms with van der Waals surface area (Å²) in [5.41, 5.74) is 3.79. The molecule has 0 saturated carbocycles. The van der Waals surface area contributed by atoms with Gasteiger partial charge in [-0.25, -0.2) is 4.98 Å². The molecule has 1 aliphatic heterocycles. The van der Waals surface area contributed by atoms with E-state index in [1.54, 1.807) is 0 Å². The van der Waals surface area contributed by atoms with Gasteiger partial charge in [-0.1, -0.05) is 32.0 Å². The lowest BCUT2D eigenvalue weighted by atomic mass is 9.98. The second-order valence-electron chi connectivity index (χ2n) is 6.32. The molecule has 0 N–H and O–H groups in total. The van der Waals surface area contributed by atoms with E-state index in [2.05, 4.69) is 56.9 Å². The molecule has 2 aromatic rings. The summed E-state index contributed by atoms with van der Waals surface area (Å²) < 4.78 is 5.64. The molecule has 3 nitrogen and oxygen atoms in total. The van der Waals surface area contributed by atoms with Crippen LogP contribution >= 0.6 is 0 Å². The molecule has 0 bridgehead atoms. The van der Waals surface area contributed by atoms with Crippen molar-refractivity contribution in [3.05, 3.63) is 35.4 Å². The summed E-state index contributed by atoms with van der Waals surface area (Å²) in [7, 11) is 0. The zero-order valence-electron chi connectivity index (χ0n) is 13.4. The summed E-state index contributed by atoms with van der Waals surface area (Å²) in [6.45, 7) is 11.4. The largest absolute Gasteiger partial charge is 0.375 e. The standard InChI is InChI=1S/C18H24N2O/c1-12(2)15-6-5-7-16-13(3)10-17(19-18(15)16)20-8-9-21-14(4)11-20/h5-7,10,12,14H,8-9,11H2,1-4H3/t14-/m1/s1. The maximum absolute atomic E-state index is 5.64. The summed E-state index contributed by atoms with van der Waals surface area (Å²) in [6.07, 6.45) is 0.275. The van der Waals surface area contributed by atoms with Crippen LogP contribution in [0.15, 0.2) is 24.3 Å². The van der Waals surface area contributed by atoms with Gasteiger partial charge in [0.05, 0.1) is 18.2 Å². The van der Waals surface area contributed by atoms with Crippen LogP contribution in [0.25, 0.3) is 10.9 Å². The van der Waals surface area contributed by atoms with Crippen LogP contribution in [0.4, 0.5) is 5.82 Å². The molecule has 0 spiro atoms. The van der Waals surface area contributed by atoms with E-state index < -0.39 is 0 Å². The highest BCUT2D eigenvalue weighted by Gasteiger charge is 2.19. The maximum Gasteiger partial charge on any atom is 0.129 e. The first-order chi connectivity index (χ1) is 10.1. The van der Waals surface area contributed by atoms with E-state index in [0.717, 1.165) is 31.0 Å². The van der Waals surface area contributed by atoms with E-state index in [1.165, 1.54) is 16.5 Å². The number of para-hydroxylation sites is 1. The first kappa shape index (κ1) is 14.3. The highest BCUT2D eigenvalue weighted by Crippen LogP contribution is 2.29. The third-order valence-electron chi connectivity index (χ3n) is 4.25. The Hall–Kier alpha value is -1.61. The second-order valence-corrected chi connectivity index (χ2v) is 6.32. The van der Waals surface area contributed by atoms with Gasteiger partial charge >= 0.3 is 0 Å². The summed E-state index contributed by atoms with van der Waals surface area (Å²) in [6, 6.07) is 8.73. The zero-order valence-corrected chi connectivity index (χ0v) is 13.4. The fourth-order valence-electron chi connectivity index (χ4n) is 3.08. The van der Waals surface area contributed by atoms with Crippen molar-refractivity contribution < 1.29 is 4.74 Å². The first-order valence-electron chi connectivity index (χ1n) is 7.83. The van der Waals surface area contributed by atoms with Gasteiger partial charge in [-0.05, 0) is 37.0 Å². The van der Waals surface area contributed by atoms with Gasteiger partial charge in [0.15, 0.2) is 0 Å². The van der Waals surface area contributed by atoms with E-state index in [1.807, 2.05) is 0 Å². The number of benzene rings is 1. The number of aryl methyl sites for hydroxylation is 1. The topological polar surface area (TPSA) is 25.4 Å². The van der Waals surface area contributed by atoms with Crippen molar-refractivity contribution in [3.8, 4) is 0 Å². The Morgan fingerprint density at radius 2 is 2.14 bits per heavy atom. The number of hydrogen-bond donors (Lipinski definition) is 0. The second kappa shape index (κ2) is 5.64. The predicted octanol–water partition coefficient (Wildman–Crippen LogP) is 3.89. The van der Waals surface area contributed by atoms with Crippen molar-refractivity contribution in [2.45, 2.75) is 39.7 Å². The molecule has 3 rings (SSSR count). The van der Waals surface area contributed by atoms with Gasteiger partial charge in [0.25, 0.3) is 0 Å². The van der Waals surface area contributed by atoms with Crippen molar-refractivity contribution >= 4 is 16.7 Å². The normalized spacial score (nSPS) is 19.5. The Balaban J connectivity index is 2.10. The van der Waals surface area contributed by atoms with Crippen molar-refractivity contribution in [2.75, 3.05) is 24.6 Å². The molecule has 3 heteroatoms. The van der Waals surface area contributed by atoms with Gasteiger partial charge in [-0.2, -0.15) is 0 Å². The van der Waals surface area contributed by atoms with Gasteiger partial charge in [-0.3, -0.25) is 0 Å². The number of morpholine rings is 1. The summed E-state index contributed by atoms with van der Waals surface area (Å²) in [5.74, 6) is 1.57. The van der Waals surface area contributed by atoms with Crippen LogP contribution in [0.2, 0.25) is 0 Å². The van der Waals surface area contributed by atoms with Crippen molar-refractivity contribution in [1.82, 2.24) is 4.98 Å². The van der Waals surface area contributed by atoms with Gasteiger partial charge < -0.3 is 9.64 Å². The van der Waals surface area contributed by atoms with Crippen molar-refractivity contribution in [1.29, 1.82) is 0 Å². The molecule has 0 unspecified atom stereocenters. The van der Waals surface area contributed by atoms with Crippen LogP contribution < -0.4 is 4.90 Å². The third kappa shape index (κ3) is 2.75. The van der Waals surface area contributed by atoms with Gasteiger partial charge in [0.2, 0.25) is 0 Å². The smallest absolute Gasteiger partial charge is 0.129 e. The monoisotopic (exact) mass is 284 g/mol. The molecule has 1 aromatic heterocycles. The van der Waals surface area contributed by atoms with Crippen LogP contribution in [0.3, 0.4) is 0 Å². The van der Waals surface area contributed by atoms with Crippen molar-refractivity contribution in [2.24, 2.45) is 0 Å². The molecule has 1 atom stereocenters. The minimum absolute atomic E-state index is 0.275. The van der Waals surface area contributed by atoms with Gasteiger partial charge in [-0.15, -0.1) is 0 Å². The molecule has 0 aliphatic carbocycles. The number of rotatable bonds is 2. The molecule has 2 heterocycles. The number of hydrogen-bond acceptors (Lipinski definition) is 3. The average Bonchev–Trinajstić information content (AvgIpc) is 2.46. The quantitative estimate of drug-likeness (QED) is 0.836. The van der Waals surface area contributed by atoms with E-state index in [9.17, 15) is 0 Å². The molecule has 0 radical (unpaired) electrons. The van der Waals surface area contributed by atoms with Crippen LogP contribution in [0.5, 0.6) is 0 Å². The zero-order chi connectivity index (χ0) is 15.0. The molecule has 0 amide bonds. The van der Waals surface area contributed by atoms with E-state index in [-0.39, 0.29) is 6.10 Å². The highest BCUT2D eigenvalue weighted by molar-refractivity contribution is 5.87. The molecule has 112 valence electrons. The SMILES string of the molecule is Cc1cc(N2CCO[C@H](C)C2)nc2c(C(C)C)cccc12. The summed E-state index contributed by atoms with van der Waals surface area (Å²) in [4.78, 5) is 7.33. The Morgan fingerprint density at radius 3 is 2.86 bits per heavy atom. The molecular weight excluding hydrogens is 260 g/mol.